The zero-order valence-electron chi connectivity index (χ0n) is 10.5. The smallest absolute Gasteiger partial charge is 0.140 e. The molecule has 0 bridgehead atoms. The summed E-state index contributed by atoms with van der Waals surface area (Å²) in [6.45, 7) is 1.63. The number of nitrogens with one attached hydrogen (secondary N) is 1. The Labute approximate surface area is 111 Å². The predicted octanol–water partition coefficient (Wildman–Crippen LogP) is 2.99. The highest BCUT2D eigenvalue weighted by atomic mass is 16.5. The average Bonchev–Trinajstić information content (AvgIpc) is 3.18. The number of hydrogen-bond acceptors (Lipinski definition) is 2. The minimum absolute atomic E-state index is 0.416. The monoisotopic (exact) mass is 253 g/mol. The zero-order chi connectivity index (χ0) is 12.7. The molecule has 4 rings (SSSR count). The Morgan fingerprint density at radius 2 is 2.32 bits per heavy atom. The third kappa shape index (κ3) is 1.76. The van der Waals surface area contributed by atoms with Crippen LogP contribution >= 0.6 is 0 Å². The molecule has 0 radical (unpaired) electrons. The molecule has 1 fully saturated rings. The average molecular weight is 253 g/mol. The van der Waals surface area contributed by atoms with Gasteiger partial charge in [-0.05, 0) is 30.7 Å². The van der Waals surface area contributed by atoms with Crippen LogP contribution in [0.25, 0.3) is 22.3 Å². The minimum atomic E-state index is 0.416. The van der Waals surface area contributed by atoms with Crippen molar-refractivity contribution in [2.75, 3.05) is 13.2 Å². The van der Waals surface area contributed by atoms with Crippen molar-refractivity contribution in [1.29, 1.82) is 0 Å². The van der Waals surface area contributed by atoms with E-state index in [2.05, 4.69) is 45.0 Å². The summed E-state index contributed by atoms with van der Waals surface area (Å²) < 4.78 is 7.71. The van der Waals surface area contributed by atoms with Gasteiger partial charge in [0.2, 0.25) is 0 Å². The van der Waals surface area contributed by atoms with Gasteiger partial charge in [0, 0.05) is 41.7 Å². The van der Waals surface area contributed by atoms with Gasteiger partial charge in [-0.2, -0.15) is 0 Å². The van der Waals surface area contributed by atoms with Crippen LogP contribution in [0.3, 0.4) is 0 Å². The molecule has 0 spiro atoms. The number of fused-ring (bicyclic) bond motifs is 1. The lowest BCUT2D eigenvalue weighted by Crippen LogP contribution is -2.09. The van der Waals surface area contributed by atoms with Gasteiger partial charge < -0.3 is 14.3 Å². The summed E-state index contributed by atoms with van der Waals surface area (Å²) in [6.07, 6.45) is 6.95. The molecule has 0 amide bonds. The lowest BCUT2D eigenvalue weighted by molar-refractivity contribution is 0.187. The summed E-state index contributed by atoms with van der Waals surface area (Å²) in [5.74, 6) is 1.03. The van der Waals surface area contributed by atoms with E-state index < -0.39 is 0 Å². The van der Waals surface area contributed by atoms with Crippen molar-refractivity contribution in [2.24, 2.45) is 0 Å². The third-order valence-electron chi connectivity index (χ3n) is 3.78. The summed E-state index contributed by atoms with van der Waals surface area (Å²) in [7, 11) is 0. The molecule has 1 aliphatic heterocycles. The highest BCUT2D eigenvalue weighted by molar-refractivity contribution is 5.83. The molecule has 1 N–H and O–H groups in total. The first-order valence-corrected chi connectivity index (χ1v) is 6.60. The number of H-pyrrole nitrogens is 1. The van der Waals surface area contributed by atoms with Crippen molar-refractivity contribution in [1.82, 2.24) is 14.5 Å². The molecule has 3 aromatic rings. The first-order valence-electron chi connectivity index (χ1n) is 6.60. The van der Waals surface area contributed by atoms with Crippen LogP contribution in [-0.2, 0) is 4.74 Å². The van der Waals surface area contributed by atoms with Gasteiger partial charge in [0.05, 0.1) is 12.6 Å². The molecule has 19 heavy (non-hydrogen) atoms. The maximum Gasteiger partial charge on any atom is 0.140 e. The fourth-order valence-corrected chi connectivity index (χ4v) is 2.77. The quantitative estimate of drug-likeness (QED) is 0.763. The van der Waals surface area contributed by atoms with Crippen LogP contribution < -0.4 is 0 Å². The molecule has 0 aliphatic carbocycles. The first-order chi connectivity index (χ1) is 9.42. The van der Waals surface area contributed by atoms with Gasteiger partial charge in [-0.25, -0.2) is 4.98 Å². The maximum absolute atomic E-state index is 5.48. The third-order valence-corrected chi connectivity index (χ3v) is 3.78. The minimum Gasteiger partial charge on any atom is -0.379 e. The van der Waals surface area contributed by atoms with Gasteiger partial charge in [0.25, 0.3) is 0 Å². The van der Waals surface area contributed by atoms with Crippen LogP contribution in [-0.4, -0.2) is 27.7 Å². The maximum atomic E-state index is 5.48. The molecule has 1 atom stereocenters. The Bertz CT molecular complexity index is 707. The number of benzene rings is 1. The van der Waals surface area contributed by atoms with Gasteiger partial charge in [-0.1, -0.05) is 0 Å². The number of rotatable bonds is 2. The van der Waals surface area contributed by atoms with Crippen molar-refractivity contribution >= 4 is 10.9 Å². The highest BCUT2D eigenvalue weighted by Gasteiger charge is 2.20. The molecule has 4 heteroatoms. The van der Waals surface area contributed by atoms with E-state index in [1.807, 2.05) is 12.4 Å². The summed E-state index contributed by atoms with van der Waals surface area (Å²) >= 11 is 0. The molecule has 96 valence electrons. The van der Waals surface area contributed by atoms with E-state index in [-0.39, 0.29) is 0 Å². The van der Waals surface area contributed by atoms with Crippen molar-refractivity contribution in [3.8, 4) is 11.4 Å². The van der Waals surface area contributed by atoms with E-state index in [1.54, 1.807) is 0 Å². The number of ether oxygens (including phenoxy) is 1. The Balaban J connectivity index is 1.80. The Morgan fingerprint density at radius 1 is 1.32 bits per heavy atom. The van der Waals surface area contributed by atoms with Gasteiger partial charge in [-0.15, -0.1) is 0 Å². The second-order valence-electron chi connectivity index (χ2n) is 4.96. The fourth-order valence-electron chi connectivity index (χ4n) is 2.77. The van der Waals surface area contributed by atoms with Gasteiger partial charge in [0.1, 0.15) is 5.82 Å². The summed E-state index contributed by atoms with van der Waals surface area (Å²) in [5, 5.41) is 1.22. The highest BCUT2D eigenvalue weighted by Crippen LogP contribution is 2.28. The normalized spacial score (nSPS) is 19.3. The number of imidazole rings is 1. The molecule has 1 aliphatic rings. The van der Waals surface area contributed by atoms with E-state index in [0.29, 0.717) is 6.04 Å². The van der Waals surface area contributed by atoms with Crippen molar-refractivity contribution in [2.45, 2.75) is 12.5 Å². The fraction of sp³-hybridized carbons (Fsp3) is 0.267. The summed E-state index contributed by atoms with van der Waals surface area (Å²) in [5.41, 5.74) is 2.31. The van der Waals surface area contributed by atoms with Gasteiger partial charge in [0.15, 0.2) is 0 Å². The standard InChI is InChI=1S/C15H15N3O/c1-2-14-11(3-5-16-14)9-12(1)15-17-6-7-18(15)13-4-8-19-10-13/h1-3,5-7,9,13,16H,4,8,10H2. The Hall–Kier alpha value is -2.07. The SMILES string of the molecule is c1cn(C2CCOC2)c(-c2ccc3[nH]ccc3c2)n1. The summed E-state index contributed by atoms with van der Waals surface area (Å²) in [4.78, 5) is 7.73. The van der Waals surface area contributed by atoms with Crippen LogP contribution in [0.5, 0.6) is 0 Å². The van der Waals surface area contributed by atoms with Crippen LogP contribution in [0.2, 0.25) is 0 Å². The van der Waals surface area contributed by atoms with Crippen LogP contribution in [0, 0.1) is 0 Å². The number of hydrogen-bond donors (Lipinski definition) is 1. The van der Waals surface area contributed by atoms with E-state index in [9.17, 15) is 0 Å². The van der Waals surface area contributed by atoms with Crippen molar-refractivity contribution < 1.29 is 4.74 Å². The molecule has 1 unspecified atom stereocenters. The molecule has 0 saturated carbocycles. The van der Waals surface area contributed by atoms with Gasteiger partial charge in [-0.3, -0.25) is 0 Å². The second-order valence-corrected chi connectivity index (χ2v) is 4.96. The Kier molecular flexibility index (Phi) is 2.42. The molecule has 1 saturated heterocycles. The zero-order valence-corrected chi connectivity index (χ0v) is 10.5. The molecule has 3 heterocycles. The first kappa shape index (κ1) is 10.8. The molecule has 4 nitrogen and oxygen atoms in total. The van der Waals surface area contributed by atoms with Crippen LogP contribution in [0.4, 0.5) is 0 Å². The van der Waals surface area contributed by atoms with E-state index in [0.717, 1.165) is 36.5 Å². The largest absolute Gasteiger partial charge is 0.379 e. The predicted molar refractivity (Wildman–Crippen MR) is 74.0 cm³/mol. The number of nitrogens with zero attached hydrogens (tertiary/aromatic N) is 2. The van der Waals surface area contributed by atoms with Crippen LogP contribution in [0.1, 0.15) is 12.5 Å². The van der Waals surface area contributed by atoms with Crippen molar-refractivity contribution in [3.63, 3.8) is 0 Å². The lowest BCUT2D eigenvalue weighted by Gasteiger charge is -2.13. The lowest BCUT2D eigenvalue weighted by atomic mass is 10.1. The summed E-state index contributed by atoms with van der Waals surface area (Å²) in [6, 6.07) is 8.91. The second kappa shape index (κ2) is 4.24. The molecular weight excluding hydrogens is 238 g/mol. The number of aromatic nitrogens is 3. The molecule has 1 aromatic carbocycles. The van der Waals surface area contributed by atoms with E-state index in [1.165, 1.54) is 5.39 Å². The van der Waals surface area contributed by atoms with Crippen LogP contribution in [0.15, 0.2) is 42.9 Å². The van der Waals surface area contributed by atoms with E-state index >= 15 is 0 Å². The molecule has 2 aromatic heterocycles. The van der Waals surface area contributed by atoms with Crippen molar-refractivity contribution in [3.05, 3.63) is 42.9 Å². The van der Waals surface area contributed by atoms with E-state index in [4.69, 9.17) is 4.74 Å². The Morgan fingerprint density at radius 3 is 3.21 bits per heavy atom. The topological polar surface area (TPSA) is 42.8 Å². The molecular formula is C15H15N3O. The number of aromatic amines is 1. The van der Waals surface area contributed by atoms with Gasteiger partial charge >= 0.3 is 0 Å².